The van der Waals surface area contributed by atoms with E-state index in [1.165, 1.54) is 12.5 Å². The van der Waals surface area contributed by atoms with Gasteiger partial charge in [-0.2, -0.15) is 0 Å². The summed E-state index contributed by atoms with van der Waals surface area (Å²) in [5.74, 6) is -1.09. The third kappa shape index (κ3) is 3.03. The van der Waals surface area contributed by atoms with Crippen molar-refractivity contribution in [2.75, 3.05) is 6.54 Å². The van der Waals surface area contributed by atoms with Crippen LogP contribution in [0.4, 0.5) is 8.78 Å². The van der Waals surface area contributed by atoms with Crippen LogP contribution in [0.1, 0.15) is 58.1 Å². The molecule has 3 heteroatoms. The number of rotatable bonds is 5. The second kappa shape index (κ2) is 6.21. The van der Waals surface area contributed by atoms with Gasteiger partial charge in [0.25, 0.3) is 0 Å². The summed E-state index contributed by atoms with van der Waals surface area (Å²) in [5.41, 5.74) is 0.655. The standard InChI is InChI=1S/C17H25F2N/c1-4-11-20-16(13-8-6-10-17(13,2)3)12-7-5-9-14(18)15(12)19/h5,7,9,13,16,20H,4,6,8,10-11H2,1-3H3. The zero-order chi connectivity index (χ0) is 14.8. The van der Waals surface area contributed by atoms with Crippen LogP contribution in [-0.2, 0) is 0 Å². The Hall–Kier alpha value is -0.960. The van der Waals surface area contributed by atoms with Crippen molar-refractivity contribution >= 4 is 0 Å². The van der Waals surface area contributed by atoms with E-state index in [4.69, 9.17) is 0 Å². The predicted molar refractivity (Wildman–Crippen MR) is 78.5 cm³/mol. The summed E-state index contributed by atoms with van der Waals surface area (Å²) >= 11 is 0. The number of hydrogen-bond donors (Lipinski definition) is 1. The highest BCUT2D eigenvalue weighted by Gasteiger charge is 2.40. The normalized spacial score (nSPS) is 22.9. The van der Waals surface area contributed by atoms with E-state index >= 15 is 0 Å². The molecule has 1 fully saturated rings. The predicted octanol–water partition coefficient (Wildman–Crippen LogP) is 4.83. The average molecular weight is 281 g/mol. The first-order chi connectivity index (χ1) is 9.47. The highest BCUT2D eigenvalue weighted by atomic mass is 19.2. The molecule has 2 atom stereocenters. The van der Waals surface area contributed by atoms with Gasteiger partial charge >= 0.3 is 0 Å². The number of halogens is 2. The molecule has 0 heterocycles. The topological polar surface area (TPSA) is 12.0 Å². The van der Waals surface area contributed by atoms with Crippen molar-refractivity contribution in [2.24, 2.45) is 11.3 Å². The molecule has 1 saturated carbocycles. The van der Waals surface area contributed by atoms with E-state index in [-0.39, 0.29) is 11.5 Å². The van der Waals surface area contributed by atoms with Gasteiger partial charge < -0.3 is 5.32 Å². The van der Waals surface area contributed by atoms with Crippen LogP contribution < -0.4 is 5.32 Å². The van der Waals surface area contributed by atoms with Gasteiger partial charge in [0.2, 0.25) is 0 Å². The lowest BCUT2D eigenvalue weighted by Crippen LogP contribution is -2.35. The molecule has 1 nitrogen and oxygen atoms in total. The second-order valence-corrected chi connectivity index (χ2v) is 6.56. The Balaban J connectivity index is 2.34. The first-order valence-electron chi connectivity index (χ1n) is 7.64. The summed E-state index contributed by atoms with van der Waals surface area (Å²) in [6.07, 6.45) is 4.38. The van der Waals surface area contributed by atoms with Crippen LogP contribution in [0.25, 0.3) is 0 Å². The van der Waals surface area contributed by atoms with Crippen molar-refractivity contribution in [3.63, 3.8) is 0 Å². The van der Waals surface area contributed by atoms with E-state index in [2.05, 4.69) is 26.1 Å². The summed E-state index contributed by atoms with van der Waals surface area (Å²) in [7, 11) is 0. The van der Waals surface area contributed by atoms with E-state index < -0.39 is 11.6 Å². The maximum atomic E-state index is 14.2. The molecule has 1 aliphatic rings. The van der Waals surface area contributed by atoms with Crippen LogP contribution in [0.3, 0.4) is 0 Å². The fraction of sp³-hybridized carbons (Fsp3) is 0.647. The monoisotopic (exact) mass is 281 g/mol. The zero-order valence-corrected chi connectivity index (χ0v) is 12.7. The molecule has 1 aromatic rings. The Morgan fingerprint density at radius 1 is 1.35 bits per heavy atom. The van der Waals surface area contributed by atoms with Gasteiger partial charge in [0, 0.05) is 11.6 Å². The Kier molecular flexibility index (Phi) is 4.79. The van der Waals surface area contributed by atoms with Gasteiger partial charge in [-0.1, -0.05) is 39.3 Å². The summed E-state index contributed by atoms with van der Waals surface area (Å²) in [4.78, 5) is 0. The molecule has 0 radical (unpaired) electrons. The largest absolute Gasteiger partial charge is 0.310 e. The van der Waals surface area contributed by atoms with Crippen molar-refractivity contribution in [3.05, 3.63) is 35.4 Å². The molecule has 2 rings (SSSR count). The third-order valence-electron chi connectivity index (χ3n) is 4.67. The lowest BCUT2D eigenvalue weighted by molar-refractivity contribution is 0.194. The SMILES string of the molecule is CCCNC(c1cccc(F)c1F)C1CCCC1(C)C. The molecule has 0 saturated heterocycles. The minimum absolute atomic E-state index is 0.0943. The van der Waals surface area contributed by atoms with Crippen LogP contribution in [0.5, 0.6) is 0 Å². The molecule has 112 valence electrons. The van der Waals surface area contributed by atoms with Gasteiger partial charge in [-0.3, -0.25) is 0 Å². The first kappa shape index (κ1) is 15.4. The zero-order valence-electron chi connectivity index (χ0n) is 12.7. The number of benzene rings is 1. The Labute approximate surface area is 120 Å². The minimum atomic E-state index is -0.749. The molecule has 20 heavy (non-hydrogen) atoms. The van der Waals surface area contributed by atoms with Gasteiger partial charge in [-0.05, 0) is 43.2 Å². The van der Waals surface area contributed by atoms with Gasteiger partial charge in [0.1, 0.15) is 0 Å². The highest BCUT2D eigenvalue weighted by molar-refractivity contribution is 5.24. The lowest BCUT2D eigenvalue weighted by atomic mass is 9.75. The molecular formula is C17H25F2N. The molecular weight excluding hydrogens is 256 g/mol. The van der Waals surface area contributed by atoms with E-state index in [1.54, 1.807) is 12.1 Å². The fourth-order valence-corrected chi connectivity index (χ4v) is 3.50. The van der Waals surface area contributed by atoms with Crippen LogP contribution in [-0.4, -0.2) is 6.54 Å². The highest BCUT2D eigenvalue weighted by Crippen LogP contribution is 2.49. The second-order valence-electron chi connectivity index (χ2n) is 6.56. The minimum Gasteiger partial charge on any atom is -0.310 e. The molecule has 2 unspecified atom stereocenters. The van der Waals surface area contributed by atoms with Gasteiger partial charge in [-0.25, -0.2) is 8.78 Å². The Morgan fingerprint density at radius 3 is 2.70 bits per heavy atom. The quantitative estimate of drug-likeness (QED) is 0.815. The summed E-state index contributed by atoms with van der Waals surface area (Å²) < 4.78 is 27.7. The molecule has 1 N–H and O–H groups in total. The Morgan fingerprint density at radius 2 is 2.10 bits per heavy atom. The smallest absolute Gasteiger partial charge is 0.163 e. The van der Waals surface area contributed by atoms with E-state index in [1.807, 2.05) is 0 Å². The van der Waals surface area contributed by atoms with Crippen molar-refractivity contribution < 1.29 is 8.78 Å². The number of hydrogen-bond acceptors (Lipinski definition) is 1. The molecule has 0 spiro atoms. The van der Waals surface area contributed by atoms with Gasteiger partial charge in [0.05, 0.1) is 0 Å². The number of nitrogens with one attached hydrogen (secondary N) is 1. The Bertz CT molecular complexity index is 456. The molecule has 0 amide bonds. The summed E-state index contributed by atoms with van der Waals surface area (Å²) in [5, 5.41) is 3.44. The van der Waals surface area contributed by atoms with E-state index in [0.717, 1.165) is 25.8 Å². The van der Waals surface area contributed by atoms with Crippen LogP contribution in [0.2, 0.25) is 0 Å². The van der Waals surface area contributed by atoms with Gasteiger partial charge in [-0.15, -0.1) is 0 Å². The van der Waals surface area contributed by atoms with Crippen LogP contribution in [0, 0.1) is 23.0 Å². The van der Waals surface area contributed by atoms with E-state index in [9.17, 15) is 8.78 Å². The van der Waals surface area contributed by atoms with Crippen molar-refractivity contribution in [3.8, 4) is 0 Å². The maximum Gasteiger partial charge on any atom is 0.163 e. The molecule has 1 aromatic carbocycles. The molecule has 1 aliphatic carbocycles. The molecule has 0 bridgehead atoms. The fourth-order valence-electron chi connectivity index (χ4n) is 3.50. The van der Waals surface area contributed by atoms with Crippen LogP contribution in [0.15, 0.2) is 18.2 Å². The van der Waals surface area contributed by atoms with Crippen LogP contribution >= 0.6 is 0 Å². The van der Waals surface area contributed by atoms with Crippen molar-refractivity contribution in [1.29, 1.82) is 0 Å². The average Bonchev–Trinajstić information content (AvgIpc) is 2.75. The summed E-state index contributed by atoms with van der Waals surface area (Å²) in [6, 6.07) is 4.43. The molecule has 0 aliphatic heterocycles. The lowest BCUT2D eigenvalue weighted by Gasteiger charge is -2.35. The summed E-state index contributed by atoms with van der Waals surface area (Å²) in [6.45, 7) is 7.39. The maximum absolute atomic E-state index is 14.2. The first-order valence-corrected chi connectivity index (χ1v) is 7.64. The third-order valence-corrected chi connectivity index (χ3v) is 4.67. The van der Waals surface area contributed by atoms with E-state index in [0.29, 0.717) is 11.5 Å². The van der Waals surface area contributed by atoms with Gasteiger partial charge in [0.15, 0.2) is 11.6 Å². The molecule has 0 aromatic heterocycles. The van der Waals surface area contributed by atoms with Crippen molar-refractivity contribution in [1.82, 2.24) is 5.32 Å². The van der Waals surface area contributed by atoms with Crippen molar-refractivity contribution in [2.45, 2.75) is 52.5 Å².